The standard InChI is InChI=1S/C37H36Cl2FN3O6/c1-46-31-12-9-24(17-33(31)47-2)32(18-27-28(38)19-41-20-29(27)39)48-36(44)23-7-10-25(11-8-23)42-35(26-5-3-4-6-30(26)40)37(45)49-34-21-43-15-13-22(34)14-16-43/h3-12,17,19-20,22,32,34-35,42H,13-16,18,21H2,1-2H3/t32?,34-,35?/m0/s1. The van der Waals surface area contributed by atoms with Crippen LogP contribution in [0.2, 0.25) is 10.0 Å². The number of rotatable bonds is 12. The fourth-order valence-corrected chi connectivity index (χ4v) is 6.92. The summed E-state index contributed by atoms with van der Waals surface area (Å²) in [6, 6.07) is 16.6. The van der Waals surface area contributed by atoms with E-state index in [1.807, 2.05) is 0 Å². The predicted octanol–water partition coefficient (Wildman–Crippen LogP) is 7.48. The molecular formula is C37H36Cl2FN3O6. The number of piperidine rings is 3. The van der Waals surface area contributed by atoms with Gasteiger partial charge in [0.05, 0.1) is 29.8 Å². The molecule has 0 aliphatic carbocycles. The number of anilines is 1. The summed E-state index contributed by atoms with van der Waals surface area (Å²) in [7, 11) is 3.05. The van der Waals surface area contributed by atoms with Gasteiger partial charge in [0.2, 0.25) is 0 Å². The lowest BCUT2D eigenvalue weighted by molar-refractivity contribution is -0.160. The number of fused-ring (bicyclic) bond motifs is 3. The van der Waals surface area contributed by atoms with Gasteiger partial charge in [-0.3, -0.25) is 9.88 Å². The summed E-state index contributed by atoms with van der Waals surface area (Å²) in [5.74, 6) is -0.422. The number of ether oxygens (including phenoxy) is 4. The second-order valence-corrected chi connectivity index (χ2v) is 12.9. The number of carbonyl (C=O) groups is 2. The fourth-order valence-electron chi connectivity index (χ4n) is 6.40. The highest BCUT2D eigenvalue weighted by Crippen LogP contribution is 2.36. The van der Waals surface area contributed by atoms with Gasteiger partial charge >= 0.3 is 11.9 Å². The monoisotopic (exact) mass is 707 g/mol. The van der Waals surface area contributed by atoms with Gasteiger partial charge in [-0.15, -0.1) is 0 Å². The van der Waals surface area contributed by atoms with Gasteiger partial charge in [-0.05, 0) is 85.4 Å². The summed E-state index contributed by atoms with van der Waals surface area (Å²) in [5, 5.41) is 3.80. The first-order chi connectivity index (χ1) is 23.7. The molecule has 1 N–H and O–H groups in total. The van der Waals surface area contributed by atoms with E-state index in [0.29, 0.717) is 50.8 Å². The topological polar surface area (TPSA) is 99.2 Å². The molecule has 2 unspecified atom stereocenters. The SMILES string of the molecule is COc1ccc(C(Cc2c(Cl)cncc2Cl)OC(=O)c2ccc(NC(C(=O)O[C@H]3CN4CCC3CC4)c3ccccc3F)cc2)cc1OC. The minimum atomic E-state index is -1.10. The lowest BCUT2D eigenvalue weighted by Gasteiger charge is -2.44. The Kier molecular flexibility index (Phi) is 10.9. The zero-order valence-electron chi connectivity index (χ0n) is 27.0. The van der Waals surface area contributed by atoms with Crippen LogP contribution in [0, 0.1) is 11.7 Å². The number of benzene rings is 3. The van der Waals surface area contributed by atoms with E-state index in [9.17, 15) is 9.59 Å². The van der Waals surface area contributed by atoms with Crippen molar-refractivity contribution in [1.29, 1.82) is 0 Å². The van der Waals surface area contributed by atoms with Crippen LogP contribution in [0.5, 0.6) is 11.5 Å². The van der Waals surface area contributed by atoms with Crippen LogP contribution in [-0.4, -0.2) is 61.8 Å². The molecular weight excluding hydrogens is 672 g/mol. The van der Waals surface area contributed by atoms with E-state index >= 15 is 4.39 Å². The Labute approximate surface area is 294 Å². The zero-order valence-corrected chi connectivity index (χ0v) is 28.5. The third-order valence-corrected chi connectivity index (χ3v) is 9.77. The first kappa shape index (κ1) is 34.5. The van der Waals surface area contributed by atoms with Crippen LogP contribution in [-0.2, 0) is 20.7 Å². The molecule has 1 aromatic heterocycles. The molecule has 12 heteroatoms. The van der Waals surface area contributed by atoms with Gasteiger partial charge in [0.15, 0.2) is 17.5 Å². The molecule has 3 saturated heterocycles. The number of aromatic nitrogens is 1. The van der Waals surface area contributed by atoms with Crippen LogP contribution in [0.1, 0.15) is 52.0 Å². The smallest absolute Gasteiger partial charge is 0.338 e. The number of carbonyl (C=O) groups excluding carboxylic acids is 2. The van der Waals surface area contributed by atoms with Crippen LogP contribution in [0.15, 0.2) is 79.1 Å². The van der Waals surface area contributed by atoms with Gasteiger partial charge in [0.25, 0.3) is 0 Å². The molecule has 0 spiro atoms. The van der Waals surface area contributed by atoms with Crippen LogP contribution < -0.4 is 14.8 Å². The maximum absolute atomic E-state index is 15.0. The molecule has 3 atom stereocenters. The first-order valence-electron chi connectivity index (χ1n) is 16.0. The predicted molar refractivity (Wildman–Crippen MR) is 184 cm³/mol. The number of pyridine rings is 1. The third-order valence-electron chi connectivity index (χ3n) is 9.12. The van der Waals surface area contributed by atoms with Crippen LogP contribution in [0.4, 0.5) is 10.1 Å². The average molecular weight is 709 g/mol. The Morgan fingerprint density at radius 1 is 0.959 bits per heavy atom. The van der Waals surface area contributed by atoms with E-state index in [-0.39, 0.29) is 23.7 Å². The first-order valence-corrected chi connectivity index (χ1v) is 16.7. The number of hydrogen-bond donors (Lipinski definition) is 1. The summed E-state index contributed by atoms with van der Waals surface area (Å²) in [6.45, 7) is 2.69. The molecule has 7 rings (SSSR count). The number of esters is 2. The van der Waals surface area contributed by atoms with Crippen molar-refractivity contribution >= 4 is 40.8 Å². The number of methoxy groups -OCH3 is 2. The van der Waals surface area contributed by atoms with Gasteiger partial charge in [0, 0.05) is 36.6 Å². The Bertz CT molecular complexity index is 1780. The Morgan fingerprint density at radius 2 is 1.65 bits per heavy atom. The number of hydrogen-bond acceptors (Lipinski definition) is 9. The molecule has 0 saturated carbocycles. The maximum Gasteiger partial charge on any atom is 0.338 e. The van der Waals surface area contributed by atoms with E-state index in [0.717, 1.165) is 25.9 Å². The molecule has 0 radical (unpaired) electrons. The lowest BCUT2D eigenvalue weighted by Crippen LogP contribution is -2.52. The molecule has 9 nitrogen and oxygen atoms in total. The van der Waals surface area contributed by atoms with Crippen molar-refractivity contribution in [3.63, 3.8) is 0 Å². The highest BCUT2D eigenvalue weighted by molar-refractivity contribution is 6.35. The van der Waals surface area contributed by atoms with E-state index in [1.54, 1.807) is 60.7 Å². The van der Waals surface area contributed by atoms with E-state index in [1.165, 1.54) is 32.7 Å². The minimum Gasteiger partial charge on any atom is -0.493 e. The second-order valence-electron chi connectivity index (χ2n) is 12.1. The summed E-state index contributed by atoms with van der Waals surface area (Å²) < 4.78 is 37.9. The van der Waals surface area contributed by atoms with Gasteiger partial charge in [-0.25, -0.2) is 14.0 Å². The summed E-state index contributed by atoms with van der Waals surface area (Å²) >= 11 is 12.9. The highest BCUT2D eigenvalue weighted by atomic mass is 35.5. The van der Waals surface area contributed by atoms with Gasteiger partial charge < -0.3 is 24.3 Å². The van der Waals surface area contributed by atoms with Crippen molar-refractivity contribution < 1.29 is 32.9 Å². The lowest BCUT2D eigenvalue weighted by atomic mass is 9.86. The quantitative estimate of drug-likeness (QED) is 0.150. The normalized spacial score (nSPS) is 19.4. The van der Waals surface area contributed by atoms with Crippen molar-refractivity contribution in [2.45, 2.75) is 37.5 Å². The summed E-state index contributed by atoms with van der Waals surface area (Å²) in [6.07, 6.45) is 4.01. The van der Waals surface area contributed by atoms with Crippen molar-refractivity contribution in [3.05, 3.63) is 117 Å². The Balaban J connectivity index is 1.21. The third kappa shape index (κ3) is 7.93. The Morgan fingerprint density at radius 3 is 2.29 bits per heavy atom. The Hall–Kier alpha value is -4.38. The number of nitrogens with one attached hydrogen (secondary N) is 1. The highest BCUT2D eigenvalue weighted by Gasteiger charge is 2.38. The molecule has 49 heavy (non-hydrogen) atoms. The summed E-state index contributed by atoms with van der Waals surface area (Å²) in [5.41, 5.74) is 2.10. The van der Waals surface area contributed by atoms with Gasteiger partial charge in [-0.2, -0.15) is 0 Å². The number of halogens is 3. The molecule has 3 aromatic carbocycles. The molecule has 3 fully saturated rings. The number of nitrogens with zero attached hydrogens (tertiary/aromatic N) is 2. The average Bonchev–Trinajstić information content (AvgIpc) is 3.12. The van der Waals surface area contributed by atoms with Gasteiger partial charge in [0.1, 0.15) is 18.0 Å². The van der Waals surface area contributed by atoms with Gasteiger partial charge in [-0.1, -0.05) is 47.5 Å². The van der Waals surface area contributed by atoms with Crippen molar-refractivity contribution in [1.82, 2.24) is 9.88 Å². The van der Waals surface area contributed by atoms with E-state index in [2.05, 4.69) is 15.2 Å². The van der Waals surface area contributed by atoms with Crippen molar-refractivity contribution in [2.75, 3.05) is 39.2 Å². The van der Waals surface area contributed by atoms with E-state index < -0.39 is 29.9 Å². The maximum atomic E-state index is 15.0. The van der Waals surface area contributed by atoms with Crippen LogP contribution in [0.25, 0.3) is 0 Å². The van der Waals surface area contributed by atoms with Crippen LogP contribution in [0.3, 0.4) is 0 Å². The molecule has 3 aliphatic rings. The fraction of sp³-hybridized carbons (Fsp3) is 0.324. The molecule has 4 heterocycles. The molecule has 4 aromatic rings. The van der Waals surface area contributed by atoms with Crippen molar-refractivity contribution in [2.24, 2.45) is 5.92 Å². The molecule has 0 amide bonds. The van der Waals surface area contributed by atoms with Crippen molar-refractivity contribution in [3.8, 4) is 11.5 Å². The van der Waals surface area contributed by atoms with Crippen LogP contribution >= 0.6 is 23.2 Å². The molecule has 3 aliphatic heterocycles. The second kappa shape index (κ2) is 15.4. The molecule has 2 bridgehead atoms. The largest absolute Gasteiger partial charge is 0.493 e. The minimum absolute atomic E-state index is 0.160. The molecule has 256 valence electrons. The van der Waals surface area contributed by atoms with E-state index in [4.69, 9.17) is 42.1 Å². The zero-order chi connectivity index (χ0) is 34.5. The summed E-state index contributed by atoms with van der Waals surface area (Å²) in [4.78, 5) is 33.4.